The molecule has 0 spiro atoms. The second-order valence-corrected chi connectivity index (χ2v) is 4.64. The van der Waals surface area contributed by atoms with Gasteiger partial charge in [-0.15, -0.1) is 0 Å². The van der Waals surface area contributed by atoms with E-state index in [4.69, 9.17) is 0 Å². The molecule has 0 saturated heterocycles. The summed E-state index contributed by atoms with van der Waals surface area (Å²) in [5.41, 5.74) is 0.379. The maximum atomic E-state index is 13.8. The molecule has 0 bridgehead atoms. The molecule has 1 heterocycles. The number of pyridine rings is 1. The molecule has 2 nitrogen and oxygen atoms in total. The van der Waals surface area contributed by atoms with Gasteiger partial charge in [0.25, 0.3) is 0 Å². The molecule has 0 aliphatic rings. The van der Waals surface area contributed by atoms with Crippen LogP contribution in [0.3, 0.4) is 0 Å². The highest BCUT2D eigenvalue weighted by atomic mass is 19.1. The highest BCUT2D eigenvalue weighted by molar-refractivity contribution is 5.81. The second kappa shape index (κ2) is 5.09. The Morgan fingerprint density at radius 3 is 2.29 bits per heavy atom. The number of hydrogen-bond donors (Lipinski definition) is 0. The molecule has 0 aliphatic carbocycles. The van der Waals surface area contributed by atoms with Crippen molar-refractivity contribution in [1.29, 1.82) is 0 Å². The van der Waals surface area contributed by atoms with Gasteiger partial charge in [-0.25, -0.2) is 18.2 Å². The monoisotopic (exact) mass is 288 g/mol. The normalized spacial score (nSPS) is 10.9. The van der Waals surface area contributed by atoms with Crippen molar-refractivity contribution in [3.05, 3.63) is 66.0 Å². The number of para-hydroxylation sites is 1. The lowest BCUT2D eigenvalue weighted by Gasteiger charge is -2.20. The van der Waals surface area contributed by atoms with E-state index in [-0.39, 0.29) is 5.69 Å². The summed E-state index contributed by atoms with van der Waals surface area (Å²) in [7, 11) is 1.48. The number of rotatable bonds is 2. The van der Waals surface area contributed by atoms with E-state index >= 15 is 0 Å². The van der Waals surface area contributed by atoms with Gasteiger partial charge in [0.2, 0.25) is 0 Å². The Balaban J connectivity index is 2.10. The van der Waals surface area contributed by atoms with E-state index in [0.717, 1.165) is 5.39 Å². The molecule has 0 aliphatic heterocycles. The van der Waals surface area contributed by atoms with E-state index in [1.165, 1.54) is 11.9 Å². The van der Waals surface area contributed by atoms with Crippen molar-refractivity contribution < 1.29 is 13.2 Å². The SMILES string of the molecule is CN(c1ccc2ccccc2n1)c1c(F)cc(F)cc1F. The molecule has 5 heteroatoms. The highest BCUT2D eigenvalue weighted by Gasteiger charge is 2.17. The van der Waals surface area contributed by atoms with Crippen LogP contribution in [0.4, 0.5) is 24.7 Å². The largest absolute Gasteiger partial charge is 0.325 e. The second-order valence-electron chi connectivity index (χ2n) is 4.64. The fraction of sp³-hybridized carbons (Fsp3) is 0.0625. The Labute approximate surface area is 119 Å². The third-order valence-corrected chi connectivity index (χ3v) is 3.24. The summed E-state index contributed by atoms with van der Waals surface area (Å²) in [4.78, 5) is 5.62. The molecule has 3 rings (SSSR count). The van der Waals surface area contributed by atoms with E-state index in [1.807, 2.05) is 30.3 Å². The van der Waals surface area contributed by atoms with Gasteiger partial charge in [0.05, 0.1) is 5.52 Å². The van der Waals surface area contributed by atoms with E-state index in [1.54, 1.807) is 6.07 Å². The summed E-state index contributed by atoms with van der Waals surface area (Å²) in [6.45, 7) is 0. The Bertz CT molecular complexity index is 794. The standard InChI is InChI=1S/C16H11F3N2/c1-21(16-12(18)8-11(17)9-13(16)19)15-7-6-10-4-2-3-5-14(10)20-15/h2-9H,1H3. The molecular formula is C16H11F3N2. The summed E-state index contributed by atoms with van der Waals surface area (Å²) >= 11 is 0. The first-order chi connectivity index (χ1) is 10.1. The van der Waals surface area contributed by atoms with Gasteiger partial charge in [0.15, 0.2) is 11.6 Å². The minimum atomic E-state index is -0.968. The zero-order valence-electron chi connectivity index (χ0n) is 11.1. The van der Waals surface area contributed by atoms with Crippen LogP contribution < -0.4 is 4.90 Å². The van der Waals surface area contributed by atoms with Crippen LogP contribution in [-0.4, -0.2) is 12.0 Å². The molecule has 0 unspecified atom stereocenters. The Morgan fingerprint density at radius 1 is 0.905 bits per heavy atom. The topological polar surface area (TPSA) is 16.1 Å². The third-order valence-electron chi connectivity index (χ3n) is 3.24. The molecule has 3 aromatic rings. The van der Waals surface area contributed by atoms with E-state index in [2.05, 4.69) is 4.98 Å². The number of aromatic nitrogens is 1. The van der Waals surface area contributed by atoms with Crippen molar-refractivity contribution in [3.63, 3.8) is 0 Å². The molecular weight excluding hydrogens is 277 g/mol. The van der Waals surface area contributed by atoms with Gasteiger partial charge in [-0.2, -0.15) is 0 Å². The summed E-state index contributed by atoms with van der Waals surface area (Å²) in [6, 6.07) is 12.2. The fourth-order valence-electron chi connectivity index (χ4n) is 2.21. The highest BCUT2D eigenvalue weighted by Crippen LogP contribution is 2.29. The zero-order valence-corrected chi connectivity index (χ0v) is 11.1. The summed E-state index contributed by atoms with van der Waals surface area (Å²) in [5.74, 6) is -2.51. The molecule has 0 amide bonds. The van der Waals surface area contributed by atoms with Gasteiger partial charge in [0.1, 0.15) is 17.3 Å². The average Bonchev–Trinajstić information content (AvgIpc) is 2.45. The molecule has 106 valence electrons. The first-order valence-corrected chi connectivity index (χ1v) is 6.30. The Hall–Kier alpha value is -2.56. The molecule has 2 aromatic carbocycles. The van der Waals surface area contributed by atoms with Crippen LogP contribution >= 0.6 is 0 Å². The van der Waals surface area contributed by atoms with Gasteiger partial charge < -0.3 is 4.90 Å². The maximum absolute atomic E-state index is 13.8. The number of halogens is 3. The molecule has 1 aromatic heterocycles. The predicted molar refractivity (Wildman–Crippen MR) is 76.1 cm³/mol. The van der Waals surface area contributed by atoms with Crippen molar-refractivity contribution in [2.75, 3.05) is 11.9 Å². The Kier molecular flexibility index (Phi) is 3.25. The van der Waals surface area contributed by atoms with Gasteiger partial charge in [-0.05, 0) is 18.2 Å². The van der Waals surface area contributed by atoms with Crippen molar-refractivity contribution in [2.45, 2.75) is 0 Å². The number of nitrogens with zero attached hydrogens (tertiary/aromatic N) is 2. The van der Waals surface area contributed by atoms with Crippen molar-refractivity contribution in [3.8, 4) is 0 Å². The predicted octanol–water partition coefficient (Wildman–Crippen LogP) is 4.42. The molecule has 0 N–H and O–H groups in total. The third kappa shape index (κ3) is 2.42. The number of hydrogen-bond acceptors (Lipinski definition) is 2. The van der Waals surface area contributed by atoms with Crippen LogP contribution in [0, 0.1) is 17.5 Å². The zero-order chi connectivity index (χ0) is 15.0. The van der Waals surface area contributed by atoms with Crippen LogP contribution in [0.25, 0.3) is 10.9 Å². The number of anilines is 2. The van der Waals surface area contributed by atoms with Crippen LogP contribution in [0.15, 0.2) is 48.5 Å². The van der Waals surface area contributed by atoms with Gasteiger partial charge in [-0.1, -0.05) is 18.2 Å². The molecule has 21 heavy (non-hydrogen) atoms. The van der Waals surface area contributed by atoms with Gasteiger partial charge >= 0.3 is 0 Å². The summed E-state index contributed by atoms with van der Waals surface area (Å²) in [6.07, 6.45) is 0. The quantitative estimate of drug-likeness (QED) is 0.694. The van der Waals surface area contributed by atoms with Crippen LogP contribution in [0.2, 0.25) is 0 Å². The van der Waals surface area contributed by atoms with Crippen molar-refractivity contribution in [2.24, 2.45) is 0 Å². The lowest BCUT2D eigenvalue weighted by Crippen LogP contribution is -2.15. The summed E-state index contributed by atoms with van der Waals surface area (Å²) in [5, 5.41) is 0.926. The number of benzene rings is 2. The first-order valence-electron chi connectivity index (χ1n) is 6.30. The van der Waals surface area contributed by atoms with Crippen LogP contribution in [-0.2, 0) is 0 Å². The van der Waals surface area contributed by atoms with E-state index in [0.29, 0.717) is 23.5 Å². The maximum Gasteiger partial charge on any atom is 0.152 e. The molecule has 0 radical (unpaired) electrons. The van der Waals surface area contributed by atoms with Crippen molar-refractivity contribution >= 4 is 22.4 Å². The molecule has 0 atom stereocenters. The van der Waals surface area contributed by atoms with Crippen molar-refractivity contribution in [1.82, 2.24) is 4.98 Å². The van der Waals surface area contributed by atoms with E-state index < -0.39 is 17.5 Å². The smallest absolute Gasteiger partial charge is 0.152 e. The van der Waals surface area contributed by atoms with Crippen LogP contribution in [0.5, 0.6) is 0 Å². The fourth-order valence-corrected chi connectivity index (χ4v) is 2.21. The molecule has 0 saturated carbocycles. The lowest BCUT2D eigenvalue weighted by molar-refractivity contribution is 0.544. The molecule has 0 fully saturated rings. The minimum absolute atomic E-state index is 0.334. The number of fused-ring (bicyclic) bond motifs is 1. The van der Waals surface area contributed by atoms with E-state index in [9.17, 15) is 13.2 Å². The average molecular weight is 288 g/mol. The van der Waals surface area contributed by atoms with Gasteiger partial charge in [-0.3, -0.25) is 0 Å². The van der Waals surface area contributed by atoms with Crippen LogP contribution in [0.1, 0.15) is 0 Å². The first kappa shape index (κ1) is 13.4. The lowest BCUT2D eigenvalue weighted by atomic mass is 10.2. The summed E-state index contributed by atoms with van der Waals surface area (Å²) < 4.78 is 40.6. The van der Waals surface area contributed by atoms with Gasteiger partial charge in [0, 0.05) is 24.6 Å². The Morgan fingerprint density at radius 2 is 1.57 bits per heavy atom. The minimum Gasteiger partial charge on any atom is -0.325 e.